The predicted molar refractivity (Wildman–Crippen MR) is 61.4 cm³/mol. The molecule has 0 aliphatic carbocycles. The van der Waals surface area contributed by atoms with E-state index in [1.165, 1.54) is 6.92 Å². The second-order valence-corrected chi connectivity index (χ2v) is 3.79. The van der Waals surface area contributed by atoms with Crippen LogP contribution >= 0.6 is 0 Å². The molecule has 0 aliphatic heterocycles. The van der Waals surface area contributed by atoms with Gasteiger partial charge in [0.1, 0.15) is 5.69 Å². The number of carboxylic acids is 1. The Labute approximate surface area is 101 Å². The molecule has 1 atom stereocenters. The van der Waals surface area contributed by atoms with Crippen molar-refractivity contribution in [1.29, 1.82) is 0 Å². The lowest BCUT2D eigenvalue weighted by Gasteiger charge is -2.07. The largest absolute Gasteiger partial charge is 0.481 e. The quantitative estimate of drug-likeness (QED) is 0.530. The topological polar surface area (TPSA) is 132 Å². The number of rotatable bonds is 5. The van der Waals surface area contributed by atoms with Crippen LogP contribution in [0.2, 0.25) is 0 Å². The predicted octanol–water partition coefficient (Wildman–Crippen LogP) is -1.10. The van der Waals surface area contributed by atoms with E-state index in [9.17, 15) is 19.2 Å². The summed E-state index contributed by atoms with van der Waals surface area (Å²) in [5.41, 5.74) is -1.61. The normalized spacial score (nSPS) is 11.8. The van der Waals surface area contributed by atoms with Crippen molar-refractivity contribution < 1.29 is 14.7 Å². The van der Waals surface area contributed by atoms with Crippen LogP contribution < -0.4 is 16.6 Å². The maximum atomic E-state index is 11.5. The smallest absolute Gasteiger partial charge is 0.326 e. The third kappa shape index (κ3) is 3.89. The maximum absolute atomic E-state index is 11.5. The molecule has 1 aromatic rings. The first kappa shape index (κ1) is 13.7. The average molecular weight is 255 g/mol. The number of hydrogen-bond donors (Lipinski definition) is 4. The lowest BCUT2D eigenvalue weighted by atomic mass is 10.1. The van der Waals surface area contributed by atoms with E-state index >= 15 is 0 Å². The first-order valence-corrected chi connectivity index (χ1v) is 5.25. The number of amides is 1. The third-order valence-corrected chi connectivity index (χ3v) is 2.29. The molecule has 0 aliphatic rings. The number of aliphatic carboxylic acids is 1. The zero-order valence-corrected chi connectivity index (χ0v) is 9.65. The van der Waals surface area contributed by atoms with Gasteiger partial charge in [-0.05, 0) is 6.42 Å². The minimum absolute atomic E-state index is 0.140. The van der Waals surface area contributed by atoms with Gasteiger partial charge in [-0.1, -0.05) is 6.92 Å². The summed E-state index contributed by atoms with van der Waals surface area (Å²) >= 11 is 0. The molecule has 1 aromatic heterocycles. The molecule has 4 N–H and O–H groups in total. The van der Waals surface area contributed by atoms with Gasteiger partial charge in [-0.3, -0.25) is 19.4 Å². The van der Waals surface area contributed by atoms with Crippen LogP contribution in [0, 0.1) is 5.92 Å². The van der Waals surface area contributed by atoms with E-state index in [1.807, 2.05) is 4.98 Å². The monoisotopic (exact) mass is 255 g/mol. The maximum Gasteiger partial charge on any atom is 0.326 e. The Hall–Kier alpha value is -2.38. The number of hydrogen-bond acceptors (Lipinski definition) is 4. The van der Waals surface area contributed by atoms with Crippen molar-refractivity contribution in [2.75, 3.05) is 6.54 Å². The van der Waals surface area contributed by atoms with E-state index < -0.39 is 29.0 Å². The molecule has 0 saturated heterocycles. The van der Waals surface area contributed by atoms with Crippen LogP contribution in [-0.2, 0) is 4.79 Å². The number of H-pyrrole nitrogens is 2. The Morgan fingerprint density at radius 2 is 2.06 bits per heavy atom. The lowest BCUT2D eigenvalue weighted by molar-refractivity contribution is -0.141. The lowest BCUT2D eigenvalue weighted by Crippen LogP contribution is -2.32. The molecule has 0 fully saturated rings. The molecule has 0 radical (unpaired) electrons. The summed E-state index contributed by atoms with van der Waals surface area (Å²) in [6.45, 7) is 1.66. The van der Waals surface area contributed by atoms with Crippen molar-refractivity contribution >= 4 is 11.9 Å². The fraction of sp³-hybridized carbons (Fsp3) is 0.400. The summed E-state index contributed by atoms with van der Waals surface area (Å²) in [6, 6.07) is 0.956. The van der Waals surface area contributed by atoms with Gasteiger partial charge in [-0.2, -0.15) is 0 Å². The zero-order chi connectivity index (χ0) is 13.7. The molecule has 8 heteroatoms. The van der Waals surface area contributed by atoms with Crippen LogP contribution in [0.15, 0.2) is 15.7 Å². The van der Waals surface area contributed by atoms with E-state index in [1.54, 1.807) is 0 Å². The Morgan fingerprint density at radius 1 is 1.39 bits per heavy atom. The number of aromatic amines is 2. The van der Waals surface area contributed by atoms with Crippen molar-refractivity contribution in [3.05, 3.63) is 32.6 Å². The highest BCUT2D eigenvalue weighted by Crippen LogP contribution is 1.99. The van der Waals surface area contributed by atoms with Gasteiger partial charge in [0.05, 0.1) is 5.92 Å². The van der Waals surface area contributed by atoms with Crippen LogP contribution in [-0.4, -0.2) is 33.5 Å². The average Bonchev–Trinajstić information content (AvgIpc) is 2.27. The summed E-state index contributed by atoms with van der Waals surface area (Å²) in [4.78, 5) is 48.0. The SMILES string of the molecule is CC(CCNC(=O)c1cc(=O)[nH]c(=O)[nH]1)C(=O)O. The van der Waals surface area contributed by atoms with Crippen LogP contribution in [0.1, 0.15) is 23.8 Å². The second kappa shape index (κ2) is 5.80. The van der Waals surface area contributed by atoms with E-state index in [0.29, 0.717) is 0 Å². The molecular formula is C10H13N3O5. The molecule has 0 saturated carbocycles. The first-order valence-electron chi connectivity index (χ1n) is 5.25. The number of carboxylic acid groups (broad SMARTS) is 1. The summed E-state index contributed by atoms with van der Waals surface area (Å²) in [5.74, 6) is -2.16. The molecule has 18 heavy (non-hydrogen) atoms. The molecule has 1 rings (SSSR count). The van der Waals surface area contributed by atoms with Gasteiger partial charge in [0, 0.05) is 12.6 Å². The second-order valence-electron chi connectivity index (χ2n) is 3.79. The van der Waals surface area contributed by atoms with Gasteiger partial charge in [0.15, 0.2) is 0 Å². The summed E-state index contributed by atoms with van der Waals surface area (Å²) in [6.07, 6.45) is 0.258. The summed E-state index contributed by atoms with van der Waals surface area (Å²) in [5, 5.41) is 11.0. The summed E-state index contributed by atoms with van der Waals surface area (Å²) in [7, 11) is 0. The minimum Gasteiger partial charge on any atom is -0.481 e. The van der Waals surface area contributed by atoms with Crippen molar-refractivity contribution in [3.63, 3.8) is 0 Å². The fourth-order valence-corrected chi connectivity index (χ4v) is 1.21. The molecule has 0 spiro atoms. The standard InChI is InChI=1S/C10H13N3O5/c1-5(9(16)17)2-3-11-8(15)6-4-7(14)13-10(18)12-6/h4-5H,2-3H2,1H3,(H,11,15)(H,16,17)(H2,12,13,14,18). The number of carbonyl (C=O) groups excluding carboxylic acids is 1. The zero-order valence-electron chi connectivity index (χ0n) is 9.65. The number of carbonyl (C=O) groups is 2. The van der Waals surface area contributed by atoms with Crippen molar-refractivity contribution in [2.24, 2.45) is 5.92 Å². The highest BCUT2D eigenvalue weighted by Gasteiger charge is 2.12. The van der Waals surface area contributed by atoms with Crippen molar-refractivity contribution in [3.8, 4) is 0 Å². The van der Waals surface area contributed by atoms with E-state index in [2.05, 4.69) is 10.3 Å². The van der Waals surface area contributed by atoms with Crippen molar-refractivity contribution in [1.82, 2.24) is 15.3 Å². The van der Waals surface area contributed by atoms with E-state index in [-0.39, 0.29) is 18.7 Å². The van der Waals surface area contributed by atoms with Crippen LogP contribution in [0.25, 0.3) is 0 Å². The van der Waals surface area contributed by atoms with Crippen LogP contribution in [0.3, 0.4) is 0 Å². The van der Waals surface area contributed by atoms with Crippen LogP contribution in [0.5, 0.6) is 0 Å². The van der Waals surface area contributed by atoms with Gasteiger partial charge in [-0.15, -0.1) is 0 Å². The van der Waals surface area contributed by atoms with Gasteiger partial charge in [0.2, 0.25) is 0 Å². The van der Waals surface area contributed by atoms with Gasteiger partial charge >= 0.3 is 11.7 Å². The molecule has 1 heterocycles. The van der Waals surface area contributed by atoms with E-state index in [4.69, 9.17) is 5.11 Å². The highest BCUT2D eigenvalue weighted by atomic mass is 16.4. The Balaban J connectivity index is 2.58. The van der Waals surface area contributed by atoms with E-state index in [0.717, 1.165) is 6.07 Å². The van der Waals surface area contributed by atoms with Crippen LogP contribution in [0.4, 0.5) is 0 Å². The third-order valence-electron chi connectivity index (χ3n) is 2.29. The summed E-state index contributed by atoms with van der Waals surface area (Å²) < 4.78 is 0. The molecule has 0 aromatic carbocycles. The number of nitrogens with one attached hydrogen (secondary N) is 3. The highest BCUT2D eigenvalue weighted by molar-refractivity contribution is 5.92. The first-order chi connectivity index (χ1) is 8.40. The number of aromatic nitrogens is 2. The van der Waals surface area contributed by atoms with Crippen molar-refractivity contribution in [2.45, 2.75) is 13.3 Å². The Bertz CT molecular complexity index is 531. The molecular weight excluding hydrogens is 242 g/mol. The molecule has 1 amide bonds. The fourth-order valence-electron chi connectivity index (χ4n) is 1.21. The molecule has 98 valence electrons. The Kier molecular flexibility index (Phi) is 4.41. The molecule has 8 nitrogen and oxygen atoms in total. The van der Waals surface area contributed by atoms with Gasteiger partial charge in [-0.25, -0.2) is 4.79 Å². The van der Waals surface area contributed by atoms with Gasteiger partial charge in [0.25, 0.3) is 11.5 Å². The molecule has 0 bridgehead atoms. The minimum atomic E-state index is -0.950. The van der Waals surface area contributed by atoms with Gasteiger partial charge < -0.3 is 15.4 Å². The Morgan fingerprint density at radius 3 is 2.61 bits per heavy atom. The molecule has 1 unspecified atom stereocenters.